The van der Waals surface area contributed by atoms with E-state index in [1.807, 2.05) is 0 Å². The van der Waals surface area contributed by atoms with E-state index in [0.717, 1.165) is 19.6 Å². The van der Waals surface area contributed by atoms with E-state index in [1.54, 1.807) is 0 Å². The summed E-state index contributed by atoms with van der Waals surface area (Å²) in [5, 5.41) is 0. The van der Waals surface area contributed by atoms with Crippen LogP contribution < -0.4 is 0 Å². The second-order valence-corrected chi connectivity index (χ2v) is 5.38. The first-order valence-corrected chi connectivity index (χ1v) is 5.95. The Bertz CT molecular complexity index is 379. The highest BCUT2D eigenvalue weighted by molar-refractivity contribution is 5.66. The van der Waals surface area contributed by atoms with E-state index in [4.69, 9.17) is 4.74 Å². The average Bonchev–Trinajstić information content (AvgIpc) is 2.29. The van der Waals surface area contributed by atoms with Crippen molar-refractivity contribution >= 4 is 5.57 Å². The second kappa shape index (κ2) is 4.42. The minimum Gasteiger partial charge on any atom is -0.377 e. The van der Waals surface area contributed by atoms with E-state index >= 15 is 0 Å². The molecule has 1 nitrogen and oxygen atoms in total. The third kappa shape index (κ3) is 2.53. The quantitative estimate of drug-likeness (QED) is 0.694. The van der Waals surface area contributed by atoms with Gasteiger partial charge in [0.15, 0.2) is 0 Å². The predicted molar refractivity (Wildman–Crippen MR) is 68.6 cm³/mol. The van der Waals surface area contributed by atoms with Crippen LogP contribution in [0.3, 0.4) is 0 Å². The van der Waals surface area contributed by atoms with Gasteiger partial charge in [-0.15, -0.1) is 0 Å². The van der Waals surface area contributed by atoms with Gasteiger partial charge in [-0.05, 0) is 28.5 Å². The monoisotopic (exact) mass is 216 g/mol. The molecule has 2 rings (SSSR count). The molecule has 86 valence electrons. The molecule has 0 N–H and O–H groups in total. The van der Waals surface area contributed by atoms with Crippen LogP contribution in [0.5, 0.6) is 0 Å². The van der Waals surface area contributed by atoms with Crippen molar-refractivity contribution in [1.82, 2.24) is 0 Å². The lowest BCUT2D eigenvalue weighted by Crippen LogP contribution is -2.11. The largest absolute Gasteiger partial charge is 0.377 e. The summed E-state index contributed by atoms with van der Waals surface area (Å²) in [4.78, 5) is 0. The number of hydrogen-bond acceptors (Lipinski definition) is 1. The molecule has 0 aliphatic carbocycles. The summed E-state index contributed by atoms with van der Waals surface area (Å²) in [6, 6.07) is 8.95. The number of ether oxygens (including phenoxy) is 1. The van der Waals surface area contributed by atoms with Crippen LogP contribution in [-0.2, 0) is 10.2 Å². The van der Waals surface area contributed by atoms with E-state index in [9.17, 15) is 0 Å². The van der Waals surface area contributed by atoms with Crippen LogP contribution in [0.25, 0.3) is 5.57 Å². The number of hydrogen-bond donors (Lipinski definition) is 0. The Hall–Kier alpha value is -1.08. The summed E-state index contributed by atoms with van der Waals surface area (Å²) in [5.74, 6) is 0. The van der Waals surface area contributed by atoms with Gasteiger partial charge in [0.2, 0.25) is 0 Å². The Labute approximate surface area is 98.1 Å². The molecule has 0 aromatic heterocycles. The zero-order valence-corrected chi connectivity index (χ0v) is 10.4. The molecule has 1 aliphatic rings. The number of benzene rings is 1. The van der Waals surface area contributed by atoms with Gasteiger partial charge in [0.05, 0.1) is 13.2 Å². The first-order chi connectivity index (χ1) is 7.57. The normalized spacial score (nSPS) is 17.1. The van der Waals surface area contributed by atoms with Crippen molar-refractivity contribution in [3.8, 4) is 0 Å². The summed E-state index contributed by atoms with van der Waals surface area (Å²) < 4.78 is 5.32. The van der Waals surface area contributed by atoms with E-state index in [2.05, 4.69) is 51.1 Å². The van der Waals surface area contributed by atoms with Gasteiger partial charge in [-0.2, -0.15) is 0 Å². The fourth-order valence-electron chi connectivity index (χ4n) is 1.97. The van der Waals surface area contributed by atoms with E-state index in [-0.39, 0.29) is 5.41 Å². The fraction of sp³-hybridized carbons (Fsp3) is 0.467. The van der Waals surface area contributed by atoms with Crippen molar-refractivity contribution in [2.75, 3.05) is 13.2 Å². The van der Waals surface area contributed by atoms with Crippen molar-refractivity contribution < 1.29 is 4.74 Å². The molecule has 0 unspecified atom stereocenters. The van der Waals surface area contributed by atoms with Gasteiger partial charge >= 0.3 is 0 Å². The lowest BCUT2D eigenvalue weighted by molar-refractivity contribution is 0.161. The van der Waals surface area contributed by atoms with Gasteiger partial charge in [0, 0.05) is 0 Å². The van der Waals surface area contributed by atoms with Gasteiger partial charge < -0.3 is 4.74 Å². The molecule has 1 aromatic carbocycles. The minimum atomic E-state index is 0.239. The third-order valence-electron chi connectivity index (χ3n) is 3.09. The van der Waals surface area contributed by atoms with Crippen molar-refractivity contribution in [1.29, 1.82) is 0 Å². The van der Waals surface area contributed by atoms with Crippen LogP contribution in [0, 0.1) is 0 Å². The maximum Gasteiger partial charge on any atom is 0.0653 e. The third-order valence-corrected chi connectivity index (χ3v) is 3.09. The van der Waals surface area contributed by atoms with Crippen LogP contribution in [0.2, 0.25) is 0 Å². The molecule has 0 saturated carbocycles. The van der Waals surface area contributed by atoms with E-state index in [0.29, 0.717) is 0 Å². The predicted octanol–water partition coefficient (Wildman–Crippen LogP) is 3.79. The molecule has 1 heteroatoms. The van der Waals surface area contributed by atoms with Gasteiger partial charge in [-0.1, -0.05) is 51.1 Å². The second-order valence-electron chi connectivity index (χ2n) is 5.38. The molecular weight excluding hydrogens is 196 g/mol. The van der Waals surface area contributed by atoms with Gasteiger partial charge in [0.25, 0.3) is 0 Å². The van der Waals surface area contributed by atoms with Gasteiger partial charge in [-0.3, -0.25) is 0 Å². The molecular formula is C15H20O. The van der Waals surface area contributed by atoms with Crippen molar-refractivity contribution in [2.45, 2.75) is 32.6 Å². The Morgan fingerprint density at radius 1 is 1.06 bits per heavy atom. The zero-order valence-electron chi connectivity index (χ0n) is 10.4. The van der Waals surface area contributed by atoms with Crippen LogP contribution >= 0.6 is 0 Å². The molecule has 0 amide bonds. The van der Waals surface area contributed by atoms with Gasteiger partial charge in [-0.25, -0.2) is 0 Å². The topological polar surface area (TPSA) is 9.23 Å². The lowest BCUT2D eigenvalue weighted by Gasteiger charge is -2.20. The van der Waals surface area contributed by atoms with Crippen molar-refractivity contribution in [3.05, 3.63) is 41.5 Å². The molecule has 0 atom stereocenters. The Kier molecular flexibility index (Phi) is 3.15. The highest BCUT2D eigenvalue weighted by Crippen LogP contribution is 2.26. The molecule has 1 aromatic rings. The van der Waals surface area contributed by atoms with Crippen LogP contribution in [0.1, 0.15) is 38.3 Å². The van der Waals surface area contributed by atoms with Crippen molar-refractivity contribution in [2.24, 2.45) is 0 Å². The van der Waals surface area contributed by atoms with Crippen LogP contribution in [0.4, 0.5) is 0 Å². The average molecular weight is 216 g/mol. The molecule has 1 heterocycles. The summed E-state index contributed by atoms with van der Waals surface area (Å²) >= 11 is 0. The Morgan fingerprint density at radius 2 is 1.75 bits per heavy atom. The molecule has 1 aliphatic heterocycles. The highest BCUT2D eigenvalue weighted by atomic mass is 16.5. The molecule has 16 heavy (non-hydrogen) atoms. The molecule has 0 spiro atoms. The molecule has 0 bridgehead atoms. The first kappa shape index (κ1) is 11.4. The maximum absolute atomic E-state index is 5.32. The molecule has 0 radical (unpaired) electrons. The summed E-state index contributed by atoms with van der Waals surface area (Å²) in [6.07, 6.45) is 3.23. The van der Waals surface area contributed by atoms with Crippen LogP contribution in [-0.4, -0.2) is 13.2 Å². The van der Waals surface area contributed by atoms with Crippen molar-refractivity contribution in [3.63, 3.8) is 0 Å². The first-order valence-electron chi connectivity index (χ1n) is 5.95. The zero-order chi connectivity index (χ0) is 11.6. The molecule has 0 saturated heterocycles. The van der Waals surface area contributed by atoms with Gasteiger partial charge in [0.1, 0.15) is 0 Å². The van der Waals surface area contributed by atoms with E-state index in [1.165, 1.54) is 16.7 Å². The van der Waals surface area contributed by atoms with E-state index < -0.39 is 0 Å². The minimum absolute atomic E-state index is 0.239. The Balaban J connectivity index is 2.22. The summed E-state index contributed by atoms with van der Waals surface area (Å²) in [7, 11) is 0. The number of rotatable bonds is 1. The lowest BCUT2D eigenvalue weighted by atomic mass is 9.86. The summed E-state index contributed by atoms with van der Waals surface area (Å²) in [5.41, 5.74) is 4.40. The summed E-state index contributed by atoms with van der Waals surface area (Å²) in [6.45, 7) is 8.35. The standard InChI is InChI=1S/C15H20O/c1-15(2,3)14-6-4-12(5-7-14)13-8-10-16-11-9-13/h4-8H,9-11H2,1-3H3. The highest BCUT2D eigenvalue weighted by Gasteiger charge is 2.13. The maximum atomic E-state index is 5.32. The molecule has 0 fully saturated rings. The SMILES string of the molecule is CC(C)(C)c1ccc(C2=CCOCC2)cc1. The fourth-order valence-corrected chi connectivity index (χ4v) is 1.97. The smallest absolute Gasteiger partial charge is 0.0653 e. The van der Waals surface area contributed by atoms with Crippen LogP contribution in [0.15, 0.2) is 30.3 Å². The Morgan fingerprint density at radius 3 is 2.25 bits per heavy atom.